The molecule has 32 heavy (non-hydrogen) atoms. The number of methoxy groups -OCH3 is 1. The Balaban J connectivity index is 1.62. The van der Waals surface area contributed by atoms with Crippen molar-refractivity contribution in [3.63, 3.8) is 0 Å². The fraction of sp³-hybridized carbons (Fsp3) is 0.0417. The van der Waals surface area contributed by atoms with E-state index >= 15 is 0 Å². The Bertz CT molecular complexity index is 1270. The van der Waals surface area contributed by atoms with E-state index in [-0.39, 0.29) is 17.2 Å². The van der Waals surface area contributed by atoms with Crippen LogP contribution in [0.2, 0.25) is 0 Å². The number of benzene rings is 3. The first-order valence-corrected chi connectivity index (χ1v) is 9.70. The lowest BCUT2D eigenvalue weighted by molar-refractivity contribution is 0.0955. The second kappa shape index (κ2) is 9.05. The van der Waals surface area contributed by atoms with Gasteiger partial charge in [0.2, 0.25) is 5.75 Å². The molecule has 0 radical (unpaired) electrons. The maximum atomic E-state index is 12.9. The molecule has 1 aromatic heterocycles. The highest BCUT2D eigenvalue weighted by Gasteiger charge is 2.18. The molecule has 1 heterocycles. The molecule has 0 unspecified atom stereocenters. The number of aromatic hydroxyl groups is 2. The van der Waals surface area contributed by atoms with Crippen molar-refractivity contribution in [3.8, 4) is 34.2 Å². The molecule has 0 atom stereocenters. The molecule has 8 heteroatoms. The fourth-order valence-corrected chi connectivity index (χ4v) is 3.13. The summed E-state index contributed by atoms with van der Waals surface area (Å²) in [7, 11) is 1.37. The molecule has 0 spiro atoms. The minimum Gasteiger partial charge on any atom is -0.504 e. The standard InChI is InChI=1S/C24H20N4O4/c1-32-21-13-16(12-20(29)23(21)30)14-25-26-24(31)19-15-28(18-10-6-3-7-11-18)27-22(19)17-8-4-2-5-9-17/h2-15,29-30H,1H3,(H,26,31)/b25-14+. The zero-order valence-corrected chi connectivity index (χ0v) is 17.1. The summed E-state index contributed by atoms with van der Waals surface area (Å²) < 4.78 is 6.65. The topological polar surface area (TPSA) is 109 Å². The van der Waals surface area contributed by atoms with Crippen molar-refractivity contribution in [2.45, 2.75) is 0 Å². The first kappa shape index (κ1) is 20.7. The number of aromatic nitrogens is 2. The number of phenolic OH excluding ortho intramolecular Hbond substituents is 2. The molecule has 4 aromatic rings. The van der Waals surface area contributed by atoms with E-state index in [9.17, 15) is 15.0 Å². The first-order valence-electron chi connectivity index (χ1n) is 9.70. The third-order valence-corrected chi connectivity index (χ3v) is 4.70. The predicted octanol–water partition coefficient (Wildman–Crippen LogP) is 3.72. The number of phenols is 2. The summed E-state index contributed by atoms with van der Waals surface area (Å²) in [5.41, 5.74) is 5.40. The summed E-state index contributed by atoms with van der Waals surface area (Å²) >= 11 is 0. The second-order valence-electron chi connectivity index (χ2n) is 6.83. The molecule has 0 fully saturated rings. The second-order valence-corrected chi connectivity index (χ2v) is 6.83. The van der Waals surface area contributed by atoms with Gasteiger partial charge in [-0.05, 0) is 24.3 Å². The number of para-hydroxylation sites is 1. The summed E-state index contributed by atoms with van der Waals surface area (Å²) in [6.45, 7) is 0. The minimum absolute atomic E-state index is 0.0910. The number of hydrogen-bond donors (Lipinski definition) is 3. The summed E-state index contributed by atoms with van der Waals surface area (Å²) in [5, 5.41) is 28.1. The Kier molecular flexibility index (Phi) is 5.85. The number of hydrazone groups is 1. The average molecular weight is 428 g/mol. The maximum absolute atomic E-state index is 12.9. The molecule has 3 aromatic carbocycles. The van der Waals surface area contributed by atoms with Crippen LogP contribution >= 0.6 is 0 Å². The first-order chi connectivity index (χ1) is 15.6. The number of carbonyl (C=O) groups is 1. The maximum Gasteiger partial charge on any atom is 0.275 e. The van der Waals surface area contributed by atoms with Gasteiger partial charge in [-0.25, -0.2) is 10.1 Å². The van der Waals surface area contributed by atoms with Crippen LogP contribution in [0.15, 0.2) is 84.1 Å². The molecule has 0 saturated heterocycles. The quantitative estimate of drug-likeness (QED) is 0.246. The molecule has 4 rings (SSSR count). The van der Waals surface area contributed by atoms with Crippen molar-refractivity contribution in [3.05, 3.63) is 90.1 Å². The van der Waals surface area contributed by atoms with Crippen LogP contribution in [0.3, 0.4) is 0 Å². The van der Waals surface area contributed by atoms with Gasteiger partial charge in [0.1, 0.15) is 5.69 Å². The highest BCUT2D eigenvalue weighted by Crippen LogP contribution is 2.35. The van der Waals surface area contributed by atoms with Gasteiger partial charge in [0.05, 0.1) is 24.6 Å². The van der Waals surface area contributed by atoms with Crippen molar-refractivity contribution in [2.75, 3.05) is 7.11 Å². The van der Waals surface area contributed by atoms with E-state index in [1.165, 1.54) is 25.5 Å². The van der Waals surface area contributed by atoms with Crippen molar-refractivity contribution >= 4 is 12.1 Å². The average Bonchev–Trinajstić information content (AvgIpc) is 3.28. The SMILES string of the molecule is COc1cc(/C=N/NC(=O)c2cn(-c3ccccc3)nc2-c2ccccc2)cc(O)c1O. The van der Waals surface area contributed by atoms with Crippen LogP contribution in [0.5, 0.6) is 17.2 Å². The minimum atomic E-state index is -0.447. The molecule has 0 aliphatic heterocycles. The number of amides is 1. The van der Waals surface area contributed by atoms with Crippen LogP contribution in [0.1, 0.15) is 15.9 Å². The van der Waals surface area contributed by atoms with E-state index in [2.05, 4.69) is 15.6 Å². The molecule has 0 aliphatic rings. The van der Waals surface area contributed by atoms with Crippen molar-refractivity contribution < 1.29 is 19.7 Å². The molecular weight excluding hydrogens is 408 g/mol. The van der Waals surface area contributed by atoms with Crippen molar-refractivity contribution in [1.29, 1.82) is 0 Å². The van der Waals surface area contributed by atoms with Gasteiger partial charge in [-0.1, -0.05) is 48.5 Å². The summed E-state index contributed by atoms with van der Waals surface area (Å²) in [4.78, 5) is 12.9. The lowest BCUT2D eigenvalue weighted by atomic mass is 10.1. The number of nitrogens with one attached hydrogen (secondary N) is 1. The molecular formula is C24H20N4O4. The number of ether oxygens (including phenoxy) is 1. The molecule has 0 aliphatic carbocycles. The molecule has 0 bridgehead atoms. The molecule has 3 N–H and O–H groups in total. The Hall–Kier alpha value is -4.59. The van der Waals surface area contributed by atoms with Crippen LogP contribution in [-0.2, 0) is 0 Å². The Morgan fingerprint density at radius 1 is 1.06 bits per heavy atom. The van der Waals surface area contributed by atoms with E-state index in [1.807, 2.05) is 60.7 Å². The van der Waals surface area contributed by atoms with Crippen LogP contribution in [0.4, 0.5) is 0 Å². The fourth-order valence-electron chi connectivity index (χ4n) is 3.13. The van der Waals surface area contributed by atoms with Gasteiger partial charge in [-0.2, -0.15) is 10.2 Å². The number of hydrogen-bond acceptors (Lipinski definition) is 6. The monoisotopic (exact) mass is 428 g/mol. The van der Waals surface area contributed by atoms with Gasteiger partial charge in [0.15, 0.2) is 11.5 Å². The summed E-state index contributed by atoms with van der Waals surface area (Å²) in [6, 6.07) is 21.7. The van der Waals surface area contributed by atoms with E-state index in [0.717, 1.165) is 11.3 Å². The molecule has 0 saturated carbocycles. The normalized spacial score (nSPS) is 10.9. The van der Waals surface area contributed by atoms with Crippen LogP contribution in [0, 0.1) is 0 Å². The Labute approximate surface area is 184 Å². The number of carbonyl (C=O) groups excluding carboxylic acids is 1. The number of nitrogens with zero attached hydrogens (tertiary/aromatic N) is 3. The van der Waals surface area contributed by atoms with Gasteiger partial charge in [-0.15, -0.1) is 0 Å². The predicted molar refractivity (Wildman–Crippen MR) is 120 cm³/mol. The molecule has 1 amide bonds. The van der Waals surface area contributed by atoms with Crippen molar-refractivity contribution in [2.24, 2.45) is 5.10 Å². The zero-order valence-electron chi connectivity index (χ0n) is 17.1. The largest absolute Gasteiger partial charge is 0.504 e. The lowest BCUT2D eigenvalue weighted by Gasteiger charge is -2.06. The van der Waals surface area contributed by atoms with Gasteiger partial charge in [-0.3, -0.25) is 4.79 Å². The van der Waals surface area contributed by atoms with Gasteiger partial charge in [0.25, 0.3) is 5.91 Å². The summed E-state index contributed by atoms with van der Waals surface area (Å²) in [5.74, 6) is -1.08. The van der Waals surface area contributed by atoms with Crippen LogP contribution < -0.4 is 10.2 Å². The Morgan fingerprint density at radius 2 is 1.75 bits per heavy atom. The zero-order chi connectivity index (χ0) is 22.5. The van der Waals surface area contributed by atoms with Crippen LogP contribution in [0.25, 0.3) is 16.9 Å². The lowest BCUT2D eigenvalue weighted by Crippen LogP contribution is -2.18. The van der Waals surface area contributed by atoms with Gasteiger partial charge >= 0.3 is 0 Å². The molecule has 8 nitrogen and oxygen atoms in total. The highest BCUT2D eigenvalue weighted by atomic mass is 16.5. The number of rotatable bonds is 6. The van der Waals surface area contributed by atoms with E-state index in [0.29, 0.717) is 16.8 Å². The molecule has 160 valence electrons. The van der Waals surface area contributed by atoms with Gasteiger partial charge < -0.3 is 14.9 Å². The van der Waals surface area contributed by atoms with Crippen LogP contribution in [-0.4, -0.2) is 39.2 Å². The highest BCUT2D eigenvalue weighted by molar-refractivity contribution is 6.00. The smallest absolute Gasteiger partial charge is 0.275 e. The third-order valence-electron chi connectivity index (χ3n) is 4.70. The van der Waals surface area contributed by atoms with E-state index in [4.69, 9.17) is 4.74 Å². The van der Waals surface area contributed by atoms with Gasteiger partial charge in [0, 0.05) is 17.3 Å². The van der Waals surface area contributed by atoms with E-state index < -0.39 is 5.91 Å². The van der Waals surface area contributed by atoms with E-state index in [1.54, 1.807) is 10.9 Å². The van der Waals surface area contributed by atoms with Crippen molar-refractivity contribution in [1.82, 2.24) is 15.2 Å². The summed E-state index contributed by atoms with van der Waals surface area (Å²) in [6.07, 6.45) is 2.99. The Morgan fingerprint density at radius 3 is 2.44 bits per heavy atom. The third kappa shape index (κ3) is 4.29.